The molecule has 1 amide bonds. The van der Waals surface area contributed by atoms with E-state index in [0.29, 0.717) is 17.9 Å². The molecule has 0 aromatic carbocycles. The van der Waals surface area contributed by atoms with Crippen LogP contribution in [0.5, 0.6) is 0 Å². The number of nitrogens with zero attached hydrogens (tertiary/aromatic N) is 7. The molecule has 0 saturated carbocycles. The van der Waals surface area contributed by atoms with Crippen LogP contribution in [-0.4, -0.2) is 67.0 Å². The van der Waals surface area contributed by atoms with Crippen molar-refractivity contribution in [2.75, 3.05) is 26.2 Å². The zero-order chi connectivity index (χ0) is 18.1. The lowest BCUT2D eigenvalue weighted by Gasteiger charge is -2.31. The maximum Gasteiger partial charge on any atom is 0.278 e. The number of carbonyl (C=O) groups excluding carboxylic acids is 1. The molecule has 4 rings (SSSR count). The molecule has 0 spiro atoms. The smallest absolute Gasteiger partial charge is 0.278 e. The van der Waals surface area contributed by atoms with Gasteiger partial charge in [0.05, 0.1) is 6.54 Å². The normalized spacial score (nSPS) is 21.5. The van der Waals surface area contributed by atoms with Crippen LogP contribution in [0.25, 0.3) is 0 Å². The molecule has 9 nitrogen and oxygen atoms in total. The Morgan fingerprint density at radius 1 is 1.15 bits per heavy atom. The van der Waals surface area contributed by atoms with Crippen molar-refractivity contribution < 1.29 is 9.42 Å². The molecule has 2 saturated heterocycles. The van der Waals surface area contributed by atoms with Gasteiger partial charge in [0, 0.05) is 26.1 Å². The van der Waals surface area contributed by atoms with Crippen molar-refractivity contribution in [1.29, 1.82) is 0 Å². The van der Waals surface area contributed by atoms with Crippen LogP contribution >= 0.6 is 0 Å². The maximum absolute atomic E-state index is 12.7. The number of rotatable bonds is 4. The lowest BCUT2D eigenvalue weighted by Crippen LogP contribution is -2.40. The molecule has 2 fully saturated rings. The van der Waals surface area contributed by atoms with Crippen molar-refractivity contribution in [1.82, 2.24) is 34.9 Å². The summed E-state index contributed by atoms with van der Waals surface area (Å²) in [5.41, 5.74) is 0.835. The Morgan fingerprint density at radius 3 is 2.69 bits per heavy atom. The van der Waals surface area contributed by atoms with Gasteiger partial charge in [-0.25, -0.2) is 4.63 Å². The molecule has 1 atom stereocenters. The van der Waals surface area contributed by atoms with Crippen LogP contribution in [0, 0.1) is 6.92 Å². The first-order valence-corrected chi connectivity index (χ1v) is 9.32. The molecule has 0 bridgehead atoms. The molecule has 4 heterocycles. The fourth-order valence-electron chi connectivity index (χ4n) is 3.96. The van der Waals surface area contributed by atoms with Gasteiger partial charge >= 0.3 is 0 Å². The van der Waals surface area contributed by atoms with E-state index in [1.807, 2.05) is 11.9 Å². The van der Waals surface area contributed by atoms with Crippen LogP contribution in [0.3, 0.4) is 0 Å². The molecule has 0 aliphatic carbocycles. The highest BCUT2D eigenvalue weighted by Crippen LogP contribution is 2.27. The largest absolute Gasteiger partial charge is 0.336 e. The number of carbonyl (C=O) groups is 1. The summed E-state index contributed by atoms with van der Waals surface area (Å²) >= 11 is 0. The number of likely N-dealkylation sites (tertiary alicyclic amines) is 2. The predicted octanol–water partition coefficient (Wildman–Crippen LogP) is 1.12. The summed E-state index contributed by atoms with van der Waals surface area (Å²) in [6, 6.07) is 0. The van der Waals surface area contributed by atoms with E-state index in [4.69, 9.17) is 0 Å². The Kier molecular flexibility index (Phi) is 4.71. The molecule has 0 N–H and O–H groups in total. The minimum absolute atomic E-state index is 0.118. The molecule has 2 aromatic rings. The van der Waals surface area contributed by atoms with E-state index in [2.05, 4.69) is 34.6 Å². The molecule has 9 heteroatoms. The van der Waals surface area contributed by atoms with E-state index in [1.54, 1.807) is 6.92 Å². The number of hydrogen-bond acceptors (Lipinski definition) is 7. The SMILES string of the molecule is Cc1nonc1C(=O)N1CCC[C@H](c2nnc(CN3CCCC3)n2C)C1. The second-order valence-corrected chi connectivity index (χ2v) is 7.31. The third-order valence-corrected chi connectivity index (χ3v) is 5.49. The monoisotopic (exact) mass is 359 g/mol. The fraction of sp³-hybridized carbons (Fsp3) is 0.706. The average molecular weight is 359 g/mol. The summed E-state index contributed by atoms with van der Waals surface area (Å²) in [7, 11) is 2.03. The van der Waals surface area contributed by atoms with Gasteiger partial charge in [0.15, 0.2) is 5.69 Å². The molecule has 0 unspecified atom stereocenters. The Balaban J connectivity index is 1.47. The van der Waals surface area contributed by atoms with Crippen LogP contribution in [0.2, 0.25) is 0 Å². The van der Waals surface area contributed by atoms with Crippen LogP contribution < -0.4 is 0 Å². The number of amides is 1. The van der Waals surface area contributed by atoms with Crippen LogP contribution in [0.15, 0.2) is 4.63 Å². The molecule has 26 heavy (non-hydrogen) atoms. The van der Waals surface area contributed by atoms with Crippen LogP contribution in [0.1, 0.15) is 59.4 Å². The number of aryl methyl sites for hydroxylation is 1. The van der Waals surface area contributed by atoms with E-state index >= 15 is 0 Å². The average Bonchev–Trinajstić information content (AvgIpc) is 3.38. The van der Waals surface area contributed by atoms with Crippen molar-refractivity contribution >= 4 is 5.91 Å². The van der Waals surface area contributed by atoms with Gasteiger partial charge in [-0.05, 0) is 50.9 Å². The summed E-state index contributed by atoms with van der Waals surface area (Å²) < 4.78 is 6.79. The zero-order valence-corrected chi connectivity index (χ0v) is 15.4. The Morgan fingerprint density at radius 2 is 1.96 bits per heavy atom. The van der Waals surface area contributed by atoms with Crippen molar-refractivity contribution in [3.8, 4) is 0 Å². The van der Waals surface area contributed by atoms with Crippen molar-refractivity contribution in [2.24, 2.45) is 7.05 Å². The topological polar surface area (TPSA) is 93.2 Å². The van der Waals surface area contributed by atoms with Gasteiger partial charge in [-0.1, -0.05) is 5.16 Å². The first kappa shape index (κ1) is 17.1. The summed E-state index contributed by atoms with van der Waals surface area (Å²) in [6.07, 6.45) is 4.48. The first-order chi connectivity index (χ1) is 12.6. The Labute approximate surface area is 152 Å². The highest BCUT2D eigenvalue weighted by Gasteiger charge is 2.31. The summed E-state index contributed by atoms with van der Waals surface area (Å²) in [5, 5.41) is 16.3. The quantitative estimate of drug-likeness (QED) is 0.807. The zero-order valence-electron chi connectivity index (χ0n) is 15.4. The van der Waals surface area contributed by atoms with Gasteiger partial charge in [0.25, 0.3) is 5.91 Å². The van der Waals surface area contributed by atoms with Gasteiger partial charge < -0.3 is 9.47 Å². The second-order valence-electron chi connectivity index (χ2n) is 7.31. The lowest BCUT2D eigenvalue weighted by molar-refractivity contribution is 0.0691. The van der Waals surface area contributed by atoms with Crippen molar-refractivity contribution in [3.63, 3.8) is 0 Å². The molecule has 140 valence electrons. The van der Waals surface area contributed by atoms with E-state index in [9.17, 15) is 4.79 Å². The Bertz CT molecular complexity index is 778. The van der Waals surface area contributed by atoms with Crippen LogP contribution in [0.4, 0.5) is 0 Å². The maximum atomic E-state index is 12.7. The third kappa shape index (κ3) is 3.23. The number of aromatic nitrogens is 5. The van der Waals surface area contributed by atoms with E-state index in [1.165, 1.54) is 12.8 Å². The fourth-order valence-corrected chi connectivity index (χ4v) is 3.96. The summed E-state index contributed by atoms with van der Waals surface area (Å²) in [6.45, 7) is 6.21. The van der Waals surface area contributed by atoms with Gasteiger partial charge in [-0.2, -0.15) is 0 Å². The summed E-state index contributed by atoms with van der Waals surface area (Å²) in [5.74, 6) is 2.04. The molecular weight excluding hydrogens is 334 g/mol. The first-order valence-electron chi connectivity index (χ1n) is 9.32. The predicted molar refractivity (Wildman–Crippen MR) is 92.4 cm³/mol. The van der Waals surface area contributed by atoms with Crippen molar-refractivity contribution in [3.05, 3.63) is 23.0 Å². The number of hydrogen-bond donors (Lipinski definition) is 0. The van der Waals surface area contributed by atoms with E-state index < -0.39 is 0 Å². The lowest BCUT2D eigenvalue weighted by atomic mass is 9.96. The Hall–Kier alpha value is -2.29. The highest BCUT2D eigenvalue weighted by molar-refractivity contribution is 5.93. The van der Waals surface area contributed by atoms with Crippen LogP contribution in [-0.2, 0) is 13.6 Å². The van der Waals surface area contributed by atoms with Gasteiger partial charge in [0.1, 0.15) is 17.3 Å². The highest BCUT2D eigenvalue weighted by atomic mass is 16.6. The molecule has 2 aromatic heterocycles. The van der Waals surface area contributed by atoms with Gasteiger partial charge in [-0.15, -0.1) is 10.2 Å². The molecule has 0 radical (unpaired) electrons. The minimum Gasteiger partial charge on any atom is -0.336 e. The molecule has 2 aliphatic rings. The minimum atomic E-state index is -0.118. The van der Waals surface area contributed by atoms with Crippen molar-refractivity contribution in [2.45, 2.75) is 45.1 Å². The van der Waals surface area contributed by atoms with E-state index in [0.717, 1.165) is 50.7 Å². The molecule has 2 aliphatic heterocycles. The van der Waals surface area contributed by atoms with Gasteiger partial charge in [0.2, 0.25) is 0 Å². The second kappa shape index (κ2) is 7.14. The van der Waals surface area contributed by atoms with E-state index in [-0.39, 0.29) is 11.8 Å². The molecular formula is C17H25N7O2. The van der Waals surface area contributed by atoms with Gasteiger partial charge in [-0.3, -0.25) is 9.69 Å². The number of piperidine rings is 1. The standard InChI is InChI=1S/C17H25N7O2/c1-12-15(21-26-20-12)17(25)24-9-5-6-13(10-24)16-19-18-14(22(16)2)11-23-7-3-4-8-23/h13H,3-11H2,1-2H3/t13-/m0/s1. The summed E-state index contributed by atoms with van der Waals surface area (Å²) in [4.78, 5) is 16.9. The third-order valence-electron chi connectivity index (χ3n) is 5.49.